The van der Waals surface area contributed by atoms with Crippen molar-refractivity contribution in [3.63, 3.8) is 0 Å². The monoisotopic (exact) mass is 349 g/mol. The van der Waals surface area contributed by atoms with Gasteiger partial charge in [0, 0.05) is 23.7 Å². The number of anilines is 2. The zero-order valence-corrected chi connectivity index (χ0v) is 13.2. The van der Waals surface area contributed by atoms with Crippen molar-refractivity contribution < 1.29 is 9.53 Å². The van der Waals surface area contributed by atoms with Gasteiger partial charge in [-0.15, -0.1) is 0 Å². The van der Waals surface area contributed by atoms with Gasteiger partial charge in [0.1, 0.15) is 5.82 Å². The standard InChI is InChI=1S/C15H16BrN3O2/c1-21-8-7-17-13-5-6-14(18-10-13)19-15(20)11-3-2-4-12(16)9-11/h2-6,9-10,17H,7-8H2,1H3,(H,18,19,20). The Morgan fingerprint density at radius 3 is 2.86 bits per heavy atom. The maximum atomic E-state index is 12.1. The molecule has 21 heavy (non-hydrogen) atoms. The van der Waals surface area contributed by atoms with Crippen LogP contribution < -0.4 is 10.6 Å². The highest BCUT2D eigenvalue weighted by molar-refractivity contribution is 9.10. The van der Waals surface area contributed by atoms with Gasteiger partial charge in [-0.1, -0.05) is 22.0 Å². The predicted octanol–water partition coefficient (Wildman–Crippen LogP) is 3.15. The van der Waals surface area contributed by atoms with Gasteiger partial charge in [-0.05, 0) is 30.3 Å². The number of carbonyl (C=O) groups excluding carboxylic acids is 1. The number of halogens is 1. The van der Waals surface area contributed by atoms with Crippen LogP contribution >= 0.6 is 15.9 Å². The molecule has 110 valence electrons. The smallest absolute Gasteiger partial charge is 0.256 e. The van der Waals surface area contributed by atoms with E-state index in [1.54, 1.807) is 31.5 Å². The van der Waals surface area contributed by atoms with Gasteiger partial charge in [0.25, 0.3) is 5.91 Å². The molecule has 2 aromatic rings. The van der Waals surface area contributed by atoms with Crippen molar-refractivity contribution in [3.8, 4) is 0 Å². The van der Waals surface area contributed by atoms with Gasteiger partial charge in [0.05, 0.1) is 18.5 Å². The van der Waals surface area contributed by atoms with Crippen molar-refractivity contribution in [2.24, 2.45) is 0 Å². The summed E-state index contributed by atoms with van der Waals surface area (Å²) in [5, 5.41) is 5.92. The van der Waals surface area contributed by atoms with Crippen LogP contribution in [0.4, 0.5) is 11.5 Å². The molecule has 0 radical (unpaired) electrons. The molecule has 1 aromatic carbocycles. The number of hydrogen-bond donors (Lipinski definition) is 2. The molecule has 1 aromatic heterocycles. The van der Waals surface area contributed by atoms with Crippen LogP contribution in [0.25, 0.3) is 0 Å². The van der Waals surface area contributed by atoms with Gasteiger partial charge in [-0.3, -0.25) is 4.79 Å². The lowest BCUT2D eigenvalue weighted by atomic mass is 10.2. The maximum Gasteiger partial charge on any atom is 0.256 e. The second-order valence-corrected chi connectivity index (χ2v) is 5.23. The Balaban J connectivity index is 1.95. The van der Waals surface area contributed by atoms with Gasteiger partial charge in [0.15, 0.2) is 0 Å². The number of nitrogens with zero attached hydrogens (tertiary/aromatic N) is 1. The fourth-order valence-corrected chi connectivity index (χ4v) is 2.09. The van der Waals surface area contributed by atoms with Crippen molar-refractivity contribution >= 4 is 33.3 Å². The zero-order chi connectivity index (χ0) is 15.1. The molecule has 0 spiro atoms. The van der Waals surface area contributed by atoms with Gasteiger partial charge in [-0.25, -0.2) is 4.98 Å². The van der Waals surface area contributed by atoms with E-state index >= 15 is 0 Å². The molecule has 0 aliphatic heterocycles. The Bertz CT molecular complexity index is 602. The summed E-state index contributed by atoms with van der Waals surface area (Å²) >= 11 is 3.34. The fourth-order valence-electron chi connectivity index (χ4n) is 1.69. The lowest BCUT2D eigenvalue weighted by Crippen LogP contribution is -2.13. The van der Waals surface area contributed by atoms with Crippen molar-refractivity contribution in [2.75, 3.05) is 30.9 Å². The summed E-state index contributed by atoms with van der Waals surface area (Å²) in [6.45, 7) is 1.34. The molecule has 6 heteroatoms. The van der Waals surface area contributed by atoms with Crippen molar-refractivity contribution in [2.45, 2.75) is 0 Å². The summed E-state index contributed by atoms with van der Waals surface area (Å²) in [5.41, 5.74) is 1.46. The van der Waals surface area contributed by atoms with Gasteiger partial charge in [-0.2, -0.15) is 0 Å². The lowest BCUT2D eigenvalue weighted by Gasteiger charge is -2.07. The van der Waals surface area contributed by atoms with E-state index in [0.717, 1.165) is 10.2 Å². The molecule has 1 heterocycles. The van der Waals surface area contributed by atoms with E-state index in [0.29, 0.717) is 24.5 Å². The third-order valence-electron chi connectivity index (χ3n) is 2.73. The Morgan fingerprint density at radius 2 is 2.19 bits per heavy atom. The number of pyridine rings is 1. The minimum absolute atomic E-state index is 0.191. The number of aromatic nitrogens is 1. The largest absolute Gasteiger partial charge is 0.383 e. The summed E-state index contributed by atoms with van der Waals surface area (Å²) in [6, 6.07) is 10.8. The van der Waals surface area contributed by atoms with Crippen molar-refractivity contribution in [1.29, 1.82) is 0 Å². The first-order chi connectivity index (χ1) is 10.2. The average molecular weight is 350 g/mol. The fraction of sp³-hybridized carbons (Fsp3) is 0.200. The molecule has 5 nitrogen and oxygen atoms in total. The third-order valence-corrected chi connectivity index (χ3v) is 3.22. The highest BCUT2D eigenvalue weighted by Gasteiger charge is 2.06. The zero-order valence-electron chi connectivity index (χ0n) is 11.6. The van der Waals surface area contributed by atoms with Crippen molar-refractivity contribution in [1.82, 2.24) is 4.98 Å². The lowest BCUT2D eigenvalue weighted by molar-refractivity contribution is 0.102. The second kappa shape index (κ2) is 7.75. The quantitative estimate of drug-likeness (QED) is 0.786. The number of hydrogen-bond acceptors (Lipinski definition) is 4. The predicted molar refractivity (Wildman–Crippen MR) is 86.7 cm³/mol. The molecule has 0 aliphatic carbocycles. The molecule has 0 fully saturated rings. The molecule has 0 saturated carbocycles. The minimum Gasteiger partial charge on any atom is -0.383 e. The average Bonchev–Trinajstić information content (AvgIpc) is 2.49. The highest BCUT2D eigenvalue weighted by Crippen LogP contribution is 2.14. The summed E-state index contributed by atoms with van der Waals surface area (Å²) in [4.78, 5) is 16.3. The van der Waals surface area contributed by atoms with Gasteiger partial charge in [0.2, 0.25) is 0 Å². The normalized spacial score (nSPS) is 10.2. The summed E-state index contributed by atoms with van der Waals surface area (Å²) in [6.07, 6.45) is 1.67. The molecule has 0 unspecified atom stereocenters. The van der Waals surface area contributed by atoms with E-state index in [-0.39, 0.29) is 5.91 Å². The van der Waals surface area contributed by atoms with Gasteiger partial charge < -0.3 is 15.4 Å². The van der Waals surface area contributed by atoms with E-state index < -0.39 is 0 Å². The van der Waals surface area contributed by atoms with Crippen molar-refractivity contribution in [3.05, 3.63) is 52.6 Å². The Hall–Kier alpha value is -1.92. The number of benzene rings is 1. The first-order valence-electron chi connectivity index (χ1n) is 6.45. The van der Waals surface area contributed by atoms with Crippen LogP contribution in [-0.2, 0) is 4.74 Å². The molecule has 2 rings (SSSR count). The second-order valence-electron chi connectivity index (χ2n) is 4.32. The van der Waals surface area contributed by atoms with Crippen LogP contribution in [0.2, 0.25) is 0 Å². The molecule has 0 atom stereocenters. The SMILES string of the molecule is COCCNc1ccc(NC(=O)c2cccc(Br)c2)nc1. The molecule has 2 N–H and O–H groups in total. The molecule has 0 aliphatic rings. The van der Waals surface area contributed by atoms with Crippen LogP contribution in [0.1, 0.15) is 10.4 Å². The molecular weight excluding hydrogens is 334 g/mol. The maximum absolute atomic E-state index is 12.1. The van der Waals surface area contributed by atoms with Crippen LogP contribution in [0, 0.1) is 0 Å². The minimum atomic E-state index is -0.191. The number of methoxy groups -OCH3 is 1. The van der Waals surface area contributed by atoms with E-state index in [1.807, 2.05) is 18.2 Å². The third kappa shape index (κ3) is 4.84. The Kier molecular flexibility index (Phi) is 5.71. The Labute approximate surface area is 131 Å². The molecule has 0 saturated heterocycles. The van der Waals surface area contributed by atoms with E-state index in [4.69, 9.17) is 4.74 Å². The van der Waals surface area contributed by atoms with Crippen LogP contribution in [-0.4, -0.2) is 31.2 Å². The van der Waals surface area contributed by atoms with Crippen LogP contribution in [0.3, 0.4) is 0 Å². The highest BCUT2D eigenvalue weighted by atomic mass is 79.9. The van der Waals surface area contributed by atoms with E-state index in [9.17, 15) is 4.79 Å². The number of ether oxygens (including phenoxy) is 1. The number of amides is 1. The first kappa shape index (κ1) is 15.5. The topological polar surface area (TPSA) is 63.2 Å². The van der Waals surface area contributed by atoms with Gasteiger partial charge >= 0.3 is 0 Å². The van der Waals surface area contributed by atoms with E-state index in [2.05, 4.69) is 31.5 Å². The van der Waals surface area contributed by atoms with E-state index in [1.165, 1.54) is 0 Å². The Morgan fingerprint density at radius 1 is 1.33 bits per heavy atom. The number of carbonyl (C=O) groups is 1. The first-order valence-corrected chi connectivity index (χ1v) is 7.24. The molecular formula is C15H16BrN3O2. The molecule has 0 bridgehead atoms. The number of nitrogens with one attached hydrogen (secondary N) is 2. The van der Waals surface area contributed by atoms with Crippen LogP contribution in [0.5, 0.6) is 0 Å². The summed E-state index contributed by atoms with van der Waals surface area (Å²) in [5.74, 6) is 0.321. The van der Waals surface area contributed by atoms with Crippen LogP contribution in [0.15, 0.2) is 47.1 Å². The summed E-state index contributed by atoms with van der Waals surface area (Å²) in [7, 11) is 1.65. The number of rotatable bonds is 6. The molecule has 1 amide bonds. The summed E-state index contributed by atoms with van der Waals surface area (Å²) < 4.78 is 5.82.